The first-order chi connectivity index (χ1) is 10.3. The van der Waals surface area contributed by atoms with Crippen molar-refractivity contribution in [2.45, 2.75) is 29.5 Å². The van der Waals surface area contributed by atoms with Gasteiger partial charge in [0, 0.05) is 24.5 Å². The highest BCUT2D eigenvalue weighted by atomic mass is 32.2. The number of nitrogens with zero attached hydrogens (tertiary/aromatic N) is 1. The number of piperidine rings is 1. The smallest absolute Gasteiger partial charge is 0.417 e. The fourth-order valence-corrected chi connectivity index (χ4v) is 2.80. The Kier molecular flexibility index (Phi) is 5.63. The van der Waals surface area contributed by atoms with Gasteiger partial charge in [-0.1, -0.05) is 0 Å². The lowest BCUT2D eigenvalue weighted by atomic mass is 9.91. The molecule has 1 fully saturated rings. The molecular weight excluding hydrogens is 315 g/mol. The van der Waals surface area contributed by atoms with Gasteiger partial charge in [0.2, 0.25) is 0 Å². The molecule has 0 saturated carbocycles. The summed E-state index contributed by atoms with van der Waals surface area (Å²) in [5.74, 6) is 0.751. The van der Waals surface area contributed by atoms with E-state index >= 15 is 0 Å². The van der Waals surface area contributed by atoms with Crippen LogP contribution >= 0.6 is 11.8 Å². The number of thioether (sulfide) groups is 1. The number of ether oxygens (including phenoxy) is 1. The van der Waals surface area contributed by atoms with E-state index < -0.39 is 11.8 Å². The van der Waals surface area contributed by atoms with Crippen LogP contribution in [-0.2, 0) is 0 Å². The summed E-state index contributed by atoms with van der Waals surface area (Å²) in [4.78, 5) is 3.03. The van der Waals surface area contributed by atoms with E-state index in [1.54, 1.807) is 11.8 Å². The minimum absolute atomic E-state index is 0.227. The van der Waals surface area contributed by atoms with E-state index in [-0.39, 0.29) is 25.9 Å². The van der Waals surface area contributed by atoms with E-state index in [4.69, 9.17) is 4.74 Å². The standard InChI is InChI=1S/C15H20F3NO2S/c1-22-13-4-2-12(3-5-13)21-11-10-19-8-6-14(20,7-9-19)15(16,17)18/h2-5,20H,6-11H2,1H3. The number of rotatable bonds is 5. The molecule has 22 heavy (non-hydrogen) atoms. The van der Waals surface area contributed by atoms with Crippen LogP contribution in [0, 0.1) is 0 Å². The van der Waals surface area contributed by atoms with Crippen LogP contribution in [0.25, 0.3) is 0 Å². The Bertz CT molecular complexity index is 471. The average Bonchev–Trinajstić information content (AvgIpc) is 2.49. The lowest BCUT2D eigenvalue weighted by Gasteiger charge is -2.39. The van der Waals surface area contributed by atoms with Gasteiger partial charge in [0.1, 0.15) is 12.4 Å². The molecule has 3 nitrogen and oxygen atoms in total. The maximum atomic E-state index is 12.7. The molecule has 0 unspecified atom stereocenters. The highest BCUT2D eigenvalue weighted by Gasteiger charge is 2.54. The van der Waals surface area contributed by atoms with Crippen LogP contribution in [0.2, 0.25) is 0 Å². The predicted octanol–water partition coefficient (Wildman–Crippen LogP) is 3.18. The van der Waals surface area contributed by atoms with Crippen molar-refractivity contribution in [3.63, 3.8) is 0 Å². The summed E-state index contributed by atoms with van der Waals surface area (Å²) in [5, 5.41) is 9.59. The van der Waals surface area contributed by atoms with Gasteiger partial charge in [-0.05, 0) is 43.4 Å². The molecule has 1 aromatic carbocycles. The number of halogens is 3. The molecule has 0 amide bonds. The van der Waals surface area contributed by atoms with Crippen molar-refractivity contribution in [3.05, 3.63) is 24.3 Å². The second-order valence-corrected chi connectivity index (χ2v) is 6.27. The molecule has 124 valence electrons. The molecule has 1 heterocycles. The van der Waals surface area contributed by atoms with E-state index in [0.29, 0.717) is 13.2 Å². The molecule has 7 heteroatoms. The van der Waals surface area contributed by atoms with Gasteiger partial charge in [0.05, 0.1) is 0 Å². The molecule has 1 saturated heterocycles. The highest BCUT2D eigenvalue weighted by molar-refractivity contribution is 7.98. The van der Waals surface area contributed by atoms with Crippen molar-refractivity contribution < 1.29 is 23.0 Å². The minimum Gasteiger partial charge on any atom is -0.492 e. The van der Waals surface area contributed by atoms with Crippen LogP contribution in [0.5, 0.6) is 5.75 Å². The second kappa shape index (κ2) is 7.10. The van der Waals surface area contributed by atoms with Crippen molar-refractivity contribution in [3.8, 4) is 5.75 Å². The fourth-order valence-electron chi connectivity index (χ4n) is 2.39. The monoisotopic (exact) mass is 335 g/mol. The molecule has 0 spiro atoms. The van der Waals surface area contributed by atoms with Crippen LogP contribution < -0.4 is 4.74 Å². The molecule has 2 rings (SSSR count). The minimum atomic E-state index is -4.55. The highest BCUT2D eigenvalue weighted by Crippen LogP contribution is 2.38. The topological polar surface area (TPSA) is 32.7 Å². The third kappa shape index (κ3) is 4.30. The lowest BCUT2D eigenvalue weighted by Crippen LogP contribution is -2.53. The first-order valence-electron chi connectivity index (χ1n) is 7.12. The largest absolute Gasteiger partial charge is 0.492 e. The Morgan fingerprint density at radius 1 is 1.23 bits per heavy atom. The number of alkyl halides is 3. The van der Waals surface area contributed by atoms with Crippen molar-refractivity contribution in [1.29, 1.82) is 0 Å². The summed E-state index contributed by atoms with van der Waals surface area (Å²) >= 11 is 1.65. The van der Waals surface area contributed by atoms with E-state index in [2.05, 4.69) is 0 Å². The van der Waals surface area contributed by atoms with E-state index in [1.807, 2.05) is 35.4 Å². The van der Waals surface area contributed by atoms with Crippen LogP contribution in [-0.4, -0.2) is 54.3 Å². The van der Waals surface area contributed by atoms with Gasteiger partial charge in [0.25, 0.3) is 0 Å². The maximum Gasteiger partial charge on any atom is 0.417 e. The molecule has 1 aliphatic heterocycles. The van der Waals surface area contributed by atoms with Crippen molar-refractivity contribution >= 4 is 11.8 Å². The van der Waals surface area contributed by atoms with Crippen molar-refractivity contribution in [2.75, 3.05) is 32.5 Å². The summed E-state index contributed by atoms with van der Waals surface area (Å²) in [6.07, 6.45) is -3.11. The van der Waals surface area contributed by atoms with Crippen LogP contribution in [0.1, 0.15) is 12.8 Å². The lowest BCUT2D eigenvalue weighted by molar-refractivity contribution is -0.272. The number of hydrogen-bond acceptors (Lipinski definition) is 4. The average molecular weight is 335 g/mol. The molecule has 0 bridgehead atoms. The fraction of sp³-hybridized carbons (Fsp3) is 0.600. The number of likely N-dealkylation sites (tertiary alicyclic amines) is 1. The van der Waals surface area contributed by atoms with Gasteiger partial charge < -0.3 is 9.84 Å². The normalized spacial score (nSPS) is 19.1. The zero-order valence-corrected chi connectivity index (χ0v) is 13.2. The predicted molar refractivity (Wildman–Crippen MR) is 80.4 cm³/mol. The van der Waals surface area contributed by atoms with Crippen molar-refractivity contribution in [1.82, 2.24) is 4.90 Å². The number of aliphatic hydroxyl groups is 1. The first kappa shape index (κ1) is 17.4. The third-order valence-electron chi connectivity index (χ3n) is 3.95. The quantitative estimate of drug-likeness (QED) is 0.838. The van der Waals surface area contributed by atoms with Gasteiger partial charge in [-0.2, -0.15) is 13.2 Å². The van der Waals surface area contributed by atoms with E-state index in [1.165, 1.54) is 0 Å². The van der Waals surface area contributed by atoms with Crippen LogP contribution in [0.3, 0.4) is 0 Å². The molecule has 1 aromatic rings. The van der Waals surface area contributed by atoms with E-state index in [0.717, 1.165) is 10.6 Å². The van der Waals surface area contributed by atoms with Crippen molar-refractivity contribution in [2.24, 2.45) is 0 Å². The Morgan fingerprint density at radius 3 is 2.32 bits per heavy atom. The van der Waals surface area contributed by atoms with Gasteiger partial charge >= 0.3 is 6.18 Å². The Hall–Kier alpha value is -0.920. The summed E-state index contributed by atoms with van der Waals surface area (Å²) in [6, 6.07) is 7.68. The Labute approximate surface area is 132 Å². The summed E-state index contributed by atoms with van der Waals surface area (Å²) in [7, 11) is 0. The molecule has 0 aromatic heterocycles. The van der Waals surface area contributed by atoms with Gasteiger partial charge in [-0.25, -0.2) is 0 Å². The second-order valence-electron chi connectivity index (χ2n) is 5.39. The zero-order valence-electron chi connectivity index (χ0n) is 12.4. The summed E-state index contributed by atoms with van der Waals surface area (Å²) in [6.45, 7) is 1.43. The SMILES string of the molecule is CSc1ccc(OCCN2CCC(O)(C(F)(F)F)CC2)cc1. The zero-order chi connectivity index (χ0) is 16.2. The summed E-state index contributed by atoms with van der Waals surface area (Å²) < 4.78 is 43.7. The molecular formula is C15H20F3NO2S. The molecule has 1 N–H and O–H groups in total. The molecule has 0 atom stereocenters. The number of hydrogen-bond donors (Lipinski definition) is 1. The molecule has 0 radical (unpaired) electrons. The van der Waals surface area contributed by atoms with Gasteiger partial charge in [-0.15, -0.1) is 11.8 Å². The number of benzene rings is 1. The Morgan fingerprint density at radius 2 is 1.82 bits per heavy atom. The Balaban J connectivity index is 1.73. The summed E-state index contributed by atoms with van der Waals surface area (Å²) in [5.41, 5.74) is -2.53. The molecule has 0 aliphatic carbocycles. The van der Waals surface area contributed by atoms with Gasteiger partial charge in [-0.3, -0.25) is 4.90 Å². The van der Waals surface area contributed by atoms with Crippen LogP contribution in [0.15, 0.2) is 29.2 Å². The van der Waals surface area contributed by atoms with Crippen LogP contribution in [0.4, 0.5) is 13.2 Å². The third-order valence-corrected chi connectivity index (χ3v) is 4.69. The van der Waals surface area contributed by atoms with Gasteiger partial charge in [0.15, 0.2) is 5.60 Å². The van der Waals surface area contributed by atoms with E-state index in [9.17, 15) is 18.3 Å². The molecule has 1 aliphatic rings. The first-order valence-corrected chi connectivity index (χ1v) is 8.35. The maximum absolute atomic E-state index is 12.7.